The van der Waals surface area contributed by atoms with Crippen molar-refractivity contribution in [1.29, 1.82) is 0 Å². The summed E-state index contributed by atoms with van der Waals surface area (Å²) >= 11 is 0. The molecule has 3 atom stereocenters. The minimum atomic E-state index is -0.512. The van der Waals surface area contributed by atoms with E-state index < -0.39 is 5.54 Å². The molecule has 2 fully saturated rings. The molecule has 21 heavy (non-hydrogen) atoms. The summed E-state index contributed by atoms with van der Waals surface area (Å²) < 4.78 is 0. The number of likely N-dealkylation sites (tertiary alicyclic amines) is 1. The number of carbonyl (C=O) groups is 1. The topological polar surface area (TPSA) is 58.4 Å². The monoisotopic (exact) mass is 295 g/mol. The average Bonchev–Trinajstić information content (AvgIpc) is 3.17. The second kappa shape index (κ2) is 7.10. The first-order chi connectivity index (χ1) is 9.96. The summed E-state index contributed by atoms with van der Waals surface area (Å²) in [5.41, 5.74) is 5.09. The Labute approximate surface area is 129 Å². The van der Waals surface area contributed by atoms with Crippen LogP contribution in [0.25, 0.3) is 0 Å². The molecule has 1 aliphatic heterocycles. The molecule has 1 saturated carbocycles. The summed E-state index contributed by atoms with van der Waals surface area (Å²) in [6.45, 7) is 7.77. The summed E-state index contributed by atoms with van der Waals surface area (Å²) in [7, 11) is 0. The molecule has 4 nitrogen and oxygen atoms in total. The van der Waals surface area contributed by atoms with E-state index in [4.69, 9.17) is 5.73 Å². The first kappa shape index (κ1) is 16.8. The van der Waals surface area contributed by atoms with Crippen molar-refractivity contribution >= 4 is 5.91 Å². The number of amides is 1. The van der Waals surface area contributed by atoms with E-state index in [1.54, 1.807) is 0 Å². The molecule has 3 N–H and O–H groups in total. The van der Waals surface area contributed by atoms with Crippen molar-refractivity contribution in [1.82, 2.24) is 10.2 Å². The number of carbonyl (C=O) groups excluding carboxylic acids is 1. The summed E-state index contributed by atoms with van der Waals surface area (Å²) in [5, 5.41) is 3.44. The van der Waals surface area contributed by atoms with E-state index in [9.17, 15) is 4.79 Å². The molecule has 2 rings (SSSR count). The minimum Gasteiger partial charge on any atom is -0.368 e. The Balaban J connectivity index is 1.73. The Morgan fingerprint density at radius 1 is 1.29 bits per heavy atom. The maximum Gasteiger partial charge on any atom is 0.237 e. The molecule has 0 aromatic rings. The van der Waals surface area contributed by atoms with E-state index in [0.717, 1.165) is 37.9 Å². The molecule has 1 heterocycles. The van der Waals surface area contributed by atoms with Gasteiger partial charge in [-0.1, -0.05) is 6.92 Å². The fraction of sp³-hybridized carbons (Fsp3) is 0.941. The first-order valence-electron chi connectivity index (χ1n) is 8.79. The third-order valence-corrected chi connectivity index (χ3v) is 5.41. The van der Waals surface area contributed by atoms with Crippen molar-refractivity contribution in [2.45, 2.75) is 95.8 Å². The highest BCUT2D eigenvalue weighted by atomic mass is 16.1. The molecule has 0 aromatic heterocycles. The molecule has 0 bridgehead atoms. The van der Waals surface area contributed by atoms with Crippen molar-refractivity contribution < 1.29 is 4.79 Å². The molecule has 1 amide bonds. The smallest absolute Gasteiger partial charge is 0.237 e. The number of hydrogen-bond acceptors (Lipinski definition) is 3. The van der Waals surface area contributed by atoms with E-state index >= 15 is 0 Å². The predicted molar refractivity (Wildman–Crippen MR) is 87.1 cm³/mol. The Kier molecular flexibility index (Phi) is 5.67. The van der Waals surface area contributed by atoms with Gasteiger partial charge in [0.05, 0.1) is 5.54 Å². The molecular formula is C17H33N3O. The van der Waals surface area contributed by atoms with E-state index in [1.807, 2.05) is 6.92 Å². The van der Waals surface area contributed by atoms with Crippen LogP contribution in [0, 0.1) is 0 Å². The van der Waals surface area contributed by atoms with Gasteiger partial charge in [0.1, 0.15) is 0 Å². The fourth-order valence-electron chi connectivity index (χ4n) is 3.68. The van der Waals surface area contributed by atoms with Gasteiger partial charge in [0.15, 0.2) is 0 Å². The van der Waals surface area contributed by atoms with Crippen LogP contribution in [0.3, 0.4) is 0 Å². The van der Waals surface area contributed by atoms with Gasteiger partial charge in [0, 0.05) is 18.1 Å². The lowest BCUT2D eigenvalue weighted by atomic mass is 9.93. The third kappa shape index (κ3) is 4.43. The van der Waals surface area contributed by atoms with Crippen LogP contribution in [0.4, 0.5) is 0 Å². The van der Waals surface area contributed by atoms with Crippen molar-refractivity contribution in [2.24, 2.45) is 5.73 Å². The van der Waals surface area contributed by atoms with Crippen molar-refractivity contribution in [3.05, 3.63) is 0 Å². The zero-order valence-corrected chi connectivity index (χ0v) is 14.0. The lowest BCUT2D eigenvalue weighted by molar-refractivity contribution is -0.124. The number of rotatable bonds is 9. The second-order valence-corrected chi connectivity index (χ2v) is 7.30. The number of nitrogens with two attached hydrogens (primary N) is 1. The summed E-state index contributed by atoms with van der Waals surface area (Å²) in [6.07, 6.45) is 9.40. The van der Waals surface area contributed by atoms with Gasteiger partial charge in [-0.05, 0) is 71.8 Å². The van der Waals surface area contributed by atoms with E-state index in [1.165, 1.54) is 32.1 Å². The number of primary amides is 1. The van der Waals surface area contributed by atoms with Gasteiger partial charge >= 0.3 is 0 Å². The van der Waals surface area contributed by atoms with Crippen molar-refractivity contribution in [3.63, 3.8) is 0 Å². The van der Waals surface area contributed by atoms with E-state index in [0.29, 0.717) is 6.04 Å². The number of nitrogens with one attached hydrogen (secondary N) is 1. The van der Waals surface area contributed by atoms with Crippen LogP contribution >= 0.6 is 0 Å². The predicted octanol–water partition coefficient (Wildman–Crippen LogP) is 2.42. The molecular weight excluding hydrogens is 262 g/mol. The molecule has 3 unspecified atom stereocenters. The summed E-state index contributed by atoms with van der Waals surface area (Å²) in [6, 6.07) is 2.01. The standard InChI is InChI=1S/C17H33N3O/c1-4-15-10-7-13(2)20(15)12-6-5-11-17(3,16(18)21)19-14-8-9-14/h13-15,19H,4-12H2,1-3H3,(H2,18,21). The normalized spacial score (nSPS) is 29.5. The Hall–Kier alpha value is -0.610. The number of hydrogen-bond donors (Lipinski definition) is 2. The van der Waals surface area contributed by atoms with Crippen molar-refractivity contribution in [3.8, 4) is 0 Å². The number of unbranched alkanes of at least 4 members (excludes halogenated alkanes) is 1. The van der Waals surface area contributed by atoms with Gasteiger partial charge in [-0.2, -0.15) is 0 Å². The van der Waals surface area contributed by atoms with Gasteiger partial charge in [0.2, 0.25) is 5.91 Å². The molecule has 1 saturated heterocycles. The quantitative estimate of drug-likeness (QED) is 0.642. The maximum atomic E-state index is 11.7. The highest BCUT2D eigenvalue weighted by Gasteiger charge is 2.36. The average molecular weight is 295 g/mol. The Bertz CT molecular complexity index is 356. The highest BCUT2D eigenvalue weighted by molar-refractivity contribution is 5.84. The first-order valence-corrected chi connectivity index (χ1v) is 8.79. The van der Waals surface area contributed by atoms with Crippen LogP contribution in [0.5, 0.6) is 0 Å². The van der Waals surface area contributed by atoms with E-state index in [2.05, 4.69) is 24.1 Å². The van der Waals surface area contributed by atoms with Crippen LogP contribution in [-0.4, -0.2) is 41.0 Å². The molecule has 0 radical (unpaired) electrons. The molecule has 4 heteroatoms. The van der Waals surface area contributed by atoms with Gasteiger partial charge in [-0.3, -0.25) is 9.69 Å². The van der Waals surface area contributed by atoms with Crippen LogP contribution in [0.1, 0.15) is 72.1 Å². The zero-order valence-electron chi connectivity index (χ0n) is 14.0. The summed E-state index contributed by atoms with van der Waals surface area (Å²) in [5.74, 6) is -0.199. The van der Waals surface area contributed by atoms with Crippen LogP contribution < -0.4 is 11.1 Å². The minimum absolute atomic E-state index is 0.199. The fourth-order valence-corrected chi connectivity index (χ4v) is 3.68. The largest absolute Gasteiger partial charge is 0.368 e. The molecule has 0 spiro atoms. The number of nitrogens with zero attached hydrogens (tertiary/aromatic N) is 1. The van der Waals surface area contributed by atoms with Gasteiger partial charge in [-0.25, -0.2) is 0 Å². The molecule has 2 aliphatic rings. The SMILES string of the molecule is CCC1CCC(C)N1CCCCC(C)(NC1CC1)C(N)=O. The maximum absolute atomic E-state index is 11.7. The summed E-state index contributed by atoms with van der Waals surface area (Å²) in [4.78, 5) is 14.4. The molecule has 0 aromatic carbocycles. The third-order valence-electron chi connectivity index (χ3n) is 5.41. The van der Waals surface area contributed by atoms with Crippen LogP contribution in [-0.2, 0) is 4.79 Å². The van der Waals surface area contributed by atoms with E-state index in [-0.39, 0.29) is 5.91 Å². The Morgan fingerprint density at radius 2 is 2.00 bits per heavy atom. The van der Waals surface area contributed by atoms with Gasteiger partial charge in [-0.15, -0.1) is 0 Å². The van der Waals surface area contributed by atoms with Gasteiger partial charge < -0.3 is 11.1 Å². The highest BCUT2D eigenvalue weighted by Crippen LogP contribution is 2.28. The van der Waals surface area contributed by atoms with Gasteiger partial charge in [0.25, 0.3) is 0 Å². The lowest BCUT2D eigenvalue weighted by Gasteiger charge is -2.30. The van der Waals surface area contributed by atoms with Crippen molar-refractivity contribution in [2.75, 3.05) is 6.54 Å². The van der Waals surface area contributed by atoms with Crippen LogP contribution in [0.2, 0.25) is 0 Å². The van der Waals surface area contributed by atoms with Crippen LogP contribution in [0.15, 0.2) is 0 Å². The lowest BCUT2D eigenvalue weighted by Crippen LogP contribution is -2.54. The second-order valence-electron chi connectivity index (χ2n) is 7.30. The molecule has 122 valence electrons. The molecule has 1 aliphatic carbocycles. The zero-order chi connectivity index (χ0) is 15.5. The Morgan fingerprint density at radius 3 is 2.57 bits per heavy atom.